The third-order valence-electron chi connectivity index (χ3n) is 7.02. The highest BCUT2D eigenvalue weighted by Gasteiger charge is 2.52. The summed E-state index contributed by atoms with van der Waals surface area (Å²) in [7, 11) is 0. The predicted molar refractivity (Wildman–Crippen MR) is 118 cm³/mol. The molecule has 2 aliphatic carbocycles. The minimum Gasteiger partial charge on any atom is -0.462 e. The van der Waals surface area contributed by atoms with E-state index in [2.05, 4.69) is 0 Å². The van der Waals surface area contributed by atoms with Crippen molar-refractivity contribution in [3.05, 3.63) is 35.9 Å². The first-order valence-corrected chi connectivity index (χ1v) is 12.0. The first-order valence-electron chi connectivity index (χ1n) is 12.0. The van der Waals surface area contributed by atoms with Crippen molar-refractivity contribution in [1.29, 1.82) is 0 Å². The SMILES string of the molecule is CC(C)C(CCc1ccccc1)(C(=O)OC1CCCCC1)C(=O)OC1CCCCC1. The van der Waals surface area contributed by atoms with Crippen LogP contribution in [-0.2, 0) is 25.5 Å². The number of carbonyl (C=O) groups is 2. The molecule has 0 radical (unpaired) electrons. The summed E-state index contributed by atoms with van der Waals surface area (Å²) < 4.78 is 12.0. The van der Waals surface area contributed by atoms with Crippen molar-refractivity contribution in [3.63, 3.8) is 0 Å². The number of carbonyl (C=O) groups excluding carboxylic acids is 2. The van der Waals surface area contributed by atoms with Crippen molar-refractivity contribution in [2.45, 2.75) is 103 Å². The summed E-state index contributed by atoms with van der Waals surface area (Å²) in [6.45, 7) is 3.91. The van der Waals surface area contributed by atoms with Gasteiger partial charge < -0.3 is 9.47 Å². The van der Waals surface area contributed by atoms with Gasteiger partial charge in [-0.1, -0.05) is 57.0 Å². The quantitative estimate of drug-likeness (QED) is 0.386. The maximum absolute atomic E-state index is 13.6. The molecule has 0 aromatic heterocycles. The van der Waals surface area contributed by atoms with Gasteiger partial charge in [0.1, 0.15) is 12.2 Å². The van der Waals surface area contributed by atoms with Gasteiger partial charge in [0, 0.05) is 0 Å². The zero-order chi connectivity index (χ0) is 21.4. The van der Waals surface area contributed by atoms with Gasteiger partial charge in [0.2, 0.25) is 0 Å². The van der Waals surface area contributed by atoms with Crippen molar-refractivity contribution >= 4 is 11.9 Å². The van der Waals surface area contributed by atoms with Crippen molar-refractivity contribution in [3.8, 4) is 0 Å². The fraction of sp³-hybridized carbons (Fsp3) is 0.692. The Bertz CT molecular complexity index is 638. The summed E-state index contributed by atoms with van der Waals surface area (Å²) in [5.74, 6) is -0.935. The van der Waals surface area contributed by atoms with Gasteiger partial charge in [0.05, 0.1) is 0 Å². The van der Waals surface area contributed by atoms with E-state index in [1.165, 1.54) is 12.8 Å². The van der Waals surface area contributed by atoms with E-state index in [4.69, 9.17) is 9.47 Å². The second-order valence-corrected chi connectivity index (χ2v) is 9.44. The number of hydrogen-bond donors (Lipinski definition) is 0. The lowest BCUT2D eigenvalue weighted by atomic mass is 9.72. The lowest BCUT2D eigenvalue weighted by Crippen LogP contribution is -2.49. The molecule has 2 fully saturated rings. The van der Waals surface area contributed by atoms with Crippen molar-refractivity contribution in [1.82, 2.24) is 0 Å². The highest BCUT2D eigenvalue weighted by atomic mass is 16.6. The van der Waals surface area contributed by atoms with E-state index in [0.29, 0.717) is 12.8 Å². The first-order chi connectivity index (χ1) is 14.5. The van der Waals surface area contributed by atoms with E-state index in [9.17, 15) is 9.59 Å². The van der Waals surface area contributed by atoms with Crippen molar-refractivity contribution in [2.24, 2.45) is 11.3 Å². The largest absolute Gasteiger partial charge is 0.462 e. The normalized spacial score (nSPS) is 18.9. The Kier molecular flexibility index (Phi) is 8.35. The number of hydrogen-bond acceptors (Lipinski definition) is 4. The van der Waals surface area contributed by atoms with Crippen LogP contribution in [-0.4, -0.2) is 24.1 Å². The smallest absolute Gasteiger partial charge is 0.324 e. The lowest BCUT2D eigenvalue weighted by Gasteiger charge is -2.36. The molecule has 0 heterocycles. The van der Waals surface area contributed by atoms with Crippen LogP contribution < -0.4 is 0 Å². The molecule has 3 rings (SSSR count). The molecule has 4 heteroatoms. The van der Waals surface area contributed by atoms with Crippen molar-refractivity contribution in [2.75, 3.05) is 0 Å². The van der Waals surface area contributed by atoms with Crippen molar-refractivity contribution < 1.29 is 19.1 Å². The molecule has 0 bridgehead atoms. The van der Waals surface area contributed by atoms with E-state index in [-0.39, 0.29) is 30.1 Å². The van der Waals surface area contributed by atoms with E-state index in [1.807, 2.05) is 44.2 Å². The van der Waals surface area contributed by atoms with Gasteiger partial charge in [0.15, 0.2) is 5.41 Å². The Morgan fingerprint density at radius 2 is 1.30 bits per heavy atom. The Morgan fingerprint density at radius 1 is 0.833 bits per heavy atom. The molecule has 0 aliphatic heterocycles. The van der Waals surface area contributed by atoms with Crippen LogP contribution in [0.25, 0.3) is 0 Å². The standard InChI is InChI=1S/C26H38O4/c1-20(2)26(19-18-21-12-6-3-7-13-21,24(27)29-22-14-8-4-9-15-22)25(28)30-23-16-10-5-11-17-23/h3,6-7,12-13,20,22-23H,4-5,8-11,14-19H2,1-2H3. The van der Waals surface area contributed by atoms with Crippen LogP contribution in [0.15, 0.2) is 30.3 Å². The summed E-state index contributed by atoms with van der Waals surface area (Å²) in [5, 5.41) is 0. The zero-order valence-electron chi connectivity index (χ0n) is 18.7. The molecule has 1 aromatic rings. The van der Waals surface area contributed by atoms with Gasteiger partial charge in [-0.25, -0.2) is 0 Å². The van der Waals surface area contributed by atoms with E-state index < -0.39 is 5.41 Å². The summed E-state index contributed by atoms with van der Waals surface area (Å²) in [4.78, 5) is 27.1. The lowest BCUT2D eigenvalue weighted by molar-refractivity contribution is -0.185. The first kappa shape index (κ1) is 22.8. The summed E-state index contributed by atoms with van der Waals surface area (Å²) in [5.41, 5.74) is -0.122. The molecular weight excluding hydrogens is 376 g/mol. The van der Waals surface area contributed by atoms with Gasteiger partial charge >= 0.3 is 11.9 Å². The zero-order valence-corrected chi connectivity index (χ0v) is 18.7. The molecule has 2 aliphatic rings. The number of esters is 2. The molecule has 2 saturated carbocycles. The van der Waals surface area contributed by atoms with Crippen LogP contribution >= 0.6 is 0 Å². The number of ether oxygens (including phenoxy) is 2. The predicted octanol–water partition coefficient (Wildman–Crippen LogP) is 6.01. The van der Waals surface area contributed by atoms with Crippen LogP contribution in [0, 0.1) is 11.3 Å². The van der Waals surface area contributed by atoms with Crippen LogP contribution in [0.4, 0.5) is 0 Å². The summed E-state index contributed by atoms with van der Waals surface area (Å²) in [6, 6.07) is 10.1. The van der Waals surface area contributed by atoms with Crippen LogP contribution in [0.2, 0.25) is 0 Å². The maximum Gasteiger partial charge on any atom is 0.324 e. The van der Waals surface area contributed by atoms with Gasteiger partial charge in [-0.15, -0.1) is 0 Å². The van der Waals surface area contributed by atoms with E-state index >= 15 is 0 Å². The summed E-state index contributed by atoms with van der Waals surface area (Å²) >= 11 is 0. The molecule has 30 heavy (non-hydrogen) atoms. The van der Waals surface area contributed by atoms with Gasteiger partial charge in [-0.05, 0) is 75.7 Å². The third-order valence-corrected chi connectivity index (χ3v) is 7.02. The topological polar surface area (TPSA) is 52.6 Å². The Labute approximate surface area is 181 Å². The summed E-state index contributed by atoms with van der Waals surface area (Å²) in [6.07, 6.45) is 11.3. The molecule has 0 spiro atoms. The van der Waals surface area contributed by atoms with Crippen LogP contribution in [0.5, 0.6) is 0 Å². The monoisotopic (exact) mass is 414 g/mol. The van der Waals surface area contributed by atoms with Gasteiger partial charge in [-0.3, -0.25) is 9.59 Å². The maximum atomic E-state index is 13.6. The van der Waals surface area contributed by atoms with Crippen LogP contribution in [0.3, 0.4) is 0 Å². The molecule has 0 amide bonds. The molecule has 166 valence electrons. The fourth-order valence-electron chi connectivity index (χ4n) is 4.91. The Morgan fingerprint density at radius 3 is 1.73 bits per heavy atom. The third kappa shape index (κ3) is 5.65. The number of aryl methyl sites for hydroxylation is 1. The molecule has 0 atom stereocenters. The molecule has 0 unspecified atom stereocenters. The highest BCUT2D eigenvalue weighted by Crippen LogP contribution is 2.39. The van der Waals surface area contributed by atoms with Crippen LogP contribution in [0.1, 0.15) is 90.0 Å². The minimum absolute atomic E-state index is 0.0661. The number of rotatable bonds is 8. The molecule has 4 nitrogen and oxygen atoms in total. The Balaban J connectivity index is 1.80. The second kappa shape index (κ2) is 11.0. The average molecular weight is 415 g/mol. The minimum atomic E-state index is -1.25. The molecule has 1 aromatic carbocycles. The number of benzene rings is 1. The highest BCUT2D eigenvalue weighted by molar-refractivity contribution is 6.00. The second-order valence-electron chi connectivity index (χ2n) is 9.44. The molecular formula is C26H38O4. The average Bonchev–Trinajstić information content (AvgIpc) is 2.76. The molecule has 0 saturated heterocycles. The van der Waals surface area contributed by atoms with Gasteiger partial charge in [-0.2, -0.15) is 0 Å². The fourth-order valence-corrected chi connectivity index (χ4v) is 4.91. The molecule has 0 N–H and O–H groups in total. The Hall–Kier alpha value is -1.84. The van der Waals surface area contributed by atoms with E-state index in [1.54, 1.807) is 0 Å². The van der Waals surface area contributed by atoms with Gasteiger partial charge in [0.25, 0.3) is 0 Å². The van der Waals surface area contributed by atoms with E-state index in [0.717, 1.165) is 56.9 Å².